The van der Waals surface area contributed by atoms with Crippen LogP contribution in [0.15, 0.2) is 30.3 Å². The van der Waals surface area contributed by atoms with Crippen molar-refractivity contribution in [2.24, 2.45) is 11.7 Å². The molecule has 1 aromatic rings. The van der Waals surface area contributed by atoms with Crippen molar-refractivity contribution in [1.29, 1.82) is 0 Å². The van der Waals surface area contributed by atoms with Crippen molar-refractivity contribution in [3.63, 3.8) is 0 Å². The van der Waals surface area contributed by atoms with Crippen LogP contribution in [0.1, 0.15) is 51.5 Å². The van der Waals surface area contributed by atoms with Gasteiger partial charge < -0.3 is 10.5 Å². The molecule has 1 fully saturated rings. The van der Waals surface area contributed by atoms with Gasteiger partial charge in [0.15, 0.2) is 0 Å². The predicted octanol–water partition coefficient (Wildman–Crippen LogP) is 3.93. The van der Waals surface area contributed by atoms with Crippen molar-refractivity contribution in [3.05, 3.63) is 35.9 Å². The molecule has 2 N–H and O–H groups in total. The smallest absolute Gasteiger partial charge is 0.0835 e. The average molecular weight is 275 g/mol. The van der Waals surface area contributed by atoms with Crippen LogP contribution in [0.3, 0.4) is 0 Å². The summed E-state index contributed by atoms with van der Waals surface area (Å²) in [7, 11) is 0. The first-order valence-electron chi connectivity index (χ1n) is 8.10. The zero-order chi connectivity index (χ0) is 14.4. The molecule has 112 valence electrons. The molecule has 1 aliphatic carbocycles. The molecule has 0 amide bonds. The highest BCUT2D eigenvalue weighted by Gasteiger charge is 2.40. The zero-order valence-electron chi connectivity index (χ0n) is 13.0. The molecule has 3 atom stereocenters. The summed E-state index contributed by atoms with van der Waals surface area (Å²) in [5.74, 6) is 0.734. The highest BCUT2D eigenvalue weighted by molar-refractivity contribution is 5.15. The largest absolute Gasteiger partial charge is 0.374 e. The summed E-state index contributed by atoms with van der Waals surface area (Å²) in [5, 5.41) is 0. The maximum atomic E-state index is 6.55. The van der Waals surface area contributed by atoms with Crippen LogP contribution >= 0.6 is 0 Å². The van der Waals surface area contributed by atoms with Crippen LogP contribution < -0.4 is 5.73 Å². The molecule has 0 saturated heterocycles. The molecule has 0 aliphatic heterocycles. The lowest BCUT2D eigenvalue weighted by Gasteiger charge is -2.44. The van der Waals surface area contributed by atoms with Crippen LogP contribution in [0.2, 0.25) is 0 Å². The summed E-state index contributed by atoms with van der Waals surface area (Å²) in [4.78, 5) is 0. The Hall–Kier alpha value is -0.860. The van der Waals surface area contributed by atoms with Crippen molar-refractivity contribution < 1.29 is 4.74 Å². The molecule has 0 aromatic heterocycles. The second-order valence-electron chi connectivity index (χ2n) is 6.33. The molecular formula is C18H29NO. The summed E-state index contributed by atoms with van der Waals surface area (Å²) < 4.78 is 6.17. The highest BCUT2D eigenvalue weighted by Crippen LogP contribution is 2.38. The van der Waals surface area contributed by atoms with E-state index in [0.717, 1.165) is 38.2 Å². The normalized spacial score (nSPS) is 28.2. The summed E-state index contributed by atoms with van der Waals surface area (Å²) >= 11 is 0. The Morgan fingerprint density at radius 3 is 2.75 bits per heavy atom. The maximum absolute atomic E-state index is 6.55. The molecule has 1 aliphatic rings. The Morgan fingerprint density at radius 2 is 2.10 bits per heavy atom. The van der Waals surface area contributed by atoms with E-state index in [1.54, 1.807) is 0 Å². The number of benzene rings is 1. The third-order valence-electron chi connectivity index (χ3n) is 4.69. The lowest BCUT2D eigenvalue weighted by molar-refractivity contribution is -0.0939. The molecule has 0 bridgehead atoms. The van der Waals surface area contributed by atoms with E-state index < -0.39 is 0 Å². The van der Waals surface area contributed by atoms with Gasteiger partial charge in [-0.15, -0.1) is 0 Å². The van der Waals surface area contributed by atoms with Crippen LogP contribution in [0.5, 0.6) is 0 Å². The van der Waals surface area contributed by atoms with Gasteiger partial charge in [0, 0.05) is 12.6 Å². The van der Waals surface area contributed by atoms with Gasteiger partial charge in [0.05, 0.1) is 5.60 Å². The average Bonchev–Trinajstić information content (AvgIpc) is 2.46. The fourth-order valence-electron chi connectivity index (χ4n) is 3.64. The second kappa shape index (κ2) is 7.24. The van der Waals surface area contributed by atoms with Gasteiger partial charge in [-0.3, -0.25) is 0 Å². The van der Waals surface area contributed by atoms with Crippen LogP contribution in [-0.2, 0) is 11.2 Å². The minimum absolute atomic E-state index is 0.0821. The minimum atomic E-state index is -0.0821. The molecule has 2 rings (SSSR count). The molecule has 1 saturated carbocycles. The van der Waals surface area contributed by atoms with Gasteiger partial charge in [-0.25, -0.2) is 0 Å². The maximum Gasteiger partial charge on any atom is 0.0835 e. The molecule has 2 heteroatoms. The van der Waals surface area contributed by atoms with Crippen molar-refractivity contribution in [3.8, 4) is 0 Å². The van der Waals surface area contributed by atoms with Gasteiger partial charge in [0.2, 0.25) is 0 Å². The van der Waals surface area contributed by atoms with E-state index in [0.29, 0.717) is 0 Å². The van der Waals surface area contributed by atoms with Crippen LogP contribution in [-0.4, -0.2) is 18.2 Å². The Labute approximate surface area is 123 Å². The van der Waals surface area contributed by atoms with E-state index in [2.05, 4.69) is 44.2 Å². The standard InChI is InChI=1S/C18H29NO/c1-3-20-18(13-7-8-15(2)14-18)17(19)12-11-16-9-5-4-6-10-16/h4-6,9-10,15,17H,3,7-8,11-14,19H2,1-2H3. The van der Waals surface area contributed by atoms with E-state index in [1.807, 2.05) is 0 Å². The lowest BCUT2D eigenvalue weighted by atomic mass is 9.73. The Balaban J connectivity index is 1.98. The summed E-state index contributed by atoms with van der Waals surface area (Å²) in [5.41, 5.74) is 7.85. The van der Waals surface area contributed by atoms with Crippen molar-refractivity contribution in [1.82, 2.24) is 0 Å². The fourth-order valence-corrected chi connectivity index (χ4v) is 3.64. The van der Waals surface area contributed by atoms with E-state index in [4.69, 9.17) is 10.5 Å². The van der Waals surface area contributed by atoms with Gasteiger partial charge in [-0.05, 0) is 44.1 Å². The van der Waals surface area contributed by atoms with E-state index in [9.17, 15) is 0 Å². The zero-order valence-corrected chi connectivity index (χ0v) is 13.0. The molecule has 3 unspecified atom stereocenters. The van der Waals surface area contributed by atoms with E-state index >= 15 is 0 Å². The first kappa shape index (κ1) is 15.5. The quantitative estimate of drug-likeness (QED) is 0.853. The first-order valence-corrected chi connectivity index (χ1v) is 8.10. The van der Waals surface area contributed by atoms with E-state index in [-0.39, 0.29) is 11.6 Å². The van der Waals surface area contributed by atoms with Crippen molar-refractivity contribution in [2.45, 2.75) is 64.0 Å². The Bertz CT molecular complexity index is 388. The molecule has 1 aromatic carbocycles. The third-order valence-corrected chi connectivity index (χ3v) is 4.69. The highest BCUT2D eigenvalue weighted by atomic mass is 16.5. The van der Waals surface area contributed by atoms with Gasteiger partial charge in [-0.1, -0.05) is 50.1 Å². The summed E-state index contributed by atoms with van der Waals surface area (Å²) in [6.07, 6.45) is 6.88. The molecule has 0 spiro atoms. The second-order valence-corrected chi connectivity index (χ2v) is 6.33. The van der Waals surface area contributed by atoms with Gasteiger partial charge >= 0.3 is 0 Å². The van der Waals surface area contributed by atoms with Crippen LogP contribution in [0.4, 0.5) is 0 Å². The van der Waals surface area contributed by atoms with Crippen LogP contribution in [0.25, 0.3) is 0 Å². The fraction of sp³-hybridized carbons (Fsp3) is 0.667. The predicted molar refractivity (Wildman–Crippen MR) is 84.7 cm³/mol. The van der Waals surface area contributed by atoms with Gasteiger partial charge in [0.25, 0.3) is 0 Å². The minimum Gasteiger partial charge on any atom is -0.374 e. The Kier molecular flexibility index (Phi) is 5.62. The number of aryl methyl sites for hydroxylation is 1. The molecular weight excluding hydrogens is 246 g/mol. The number of rotatable bonds is 6. The van der Waals surface area contributed by atoms with Gasteiger partial charge in [0.1, 0.15) is 0 Å². The number of hydrogen-bond acceptors (Lipinski definition) is 2. The molecule has 0 heterocycles. The van der Waals surface area contributed by atoms with Gasteiger partial charge in [-0.2, -0.15) is 0 Å². The Morgan fingerprint density at radius 1 is 1.35 bits per heavy atom. The lowest BCUT2D eigenvalue weighted by Crippen LogP contribution is -2.53. The third kappa shape index (κ3) is 3.83. The SMILES string of the molecule is CCOC1(C(N)CCc2ccccc2)CCCC(C)C1. The summed E-state index contributed by atoms with van der Waals surface area (Å²) in [6, 6.07) is 10.8. The first-order chi connectivity index (χ1) is 9.66. The topological polar surface area (TPSA) is 35.2 Å². The van der Waals surface area contributed by atoms with E-state index in [1.165, 1.54) is 18.4 Å². The number of hydrogen-bond donors (Lipinski definition) is 1. The van der Waals surface area contributed by atoms with Crippen molar-refractivity contribution >= 4 is 0 Å². The van der Waals surface area contributed by atoms with Crippen molar-refractivity contribution in [2.75, 3.05) is 6.61 Å². The molecule has 2 nitrogen and oxygen atoms in total. The van der Waals surface area contributed by atoms with Crippen LogP contribution in [0, 0.1) is 5.92 Å². The molecule has 0 radical (unpaired) electrons. The summed E-state index contributed by atoms with van der Waals surface area (Å²) in [6.45, 7) is 5.19. The molecule has 20 heavy (non-hydrogen) atoms. The number of nitrogens with two attached hydrogens (primary N) is 1. The monoisotopic (exact) mass is 275 g/mol. The number of ether oxygens (including phenoxy) is 1.